The molecule has 0 bridgehead atoms. The molecule has 2 aliphatic rings. The molecular weight excluding hydrogens is 353 g/mol. The lowest BCUT2D eigenvalue weighted by atomic mass is 10.2. The van der Waals surface area contributed by atoms with Gasteiger partial charge in [-0.15, -0.1) is 0 Å². The van der Waals surface area contributed by atoms with Crippen molar-refractivity contribution >= 4 is 35.1 Å². The Balaban J connectivity index is 1.87. The second-order valence-electron chi connectivity index (χ2n) is 5.38. The summed E-state index contributed by atoms with van der Waals surface area (Å²) in [6.45, 7) is -3.30. The number of halogens is 4. The van der Waals surface area contributed by atoms with Crippen molar-refractivity contribution in [2.45, 2.75) is 32.0 Å². The summed E-state index contributed by atoms with van der Waals surface area (Å²) in [7, 11) is 0. The molecule has 5 nitrogen and oxygen atoms in total. The van der Waals surface area contributed by atoms with Gasteiger partial charge in [0.25, 0.3) is 5.91 Å². The van der Waals surface area contributed by atoms with Crippen LogP contribution in [0, 0.1) is 0 Å². The molecule has 0 atom stereocenters. The zero-order valence-electron chi connectivity index (χ0n) is 11.8. The second-order valence-corrected chi connectivity index (χ2v) is 6.22. The van der Waals surface area contributed by atoms with Crippen molar-refractivity contribution < 1.29 is 23.1 Å². The van der Waals surface area contributed by atoms with Crippen LogP contribution in [-0.2, 0) is 11.3 Å². The highest BCUT2D eigenvalue weighted by Gasteiger charge is 2.43. The van der Waals surface area contributed by atoms with Crippen LogP contribution in [0.2, 0.25) is 10.0 Å². The van der Waals surface area contributed by atoms with E-state index in [2.05, 4.69) is 4.74 Å². The molecule has 0 N–H and O–H groups in total. The molecule has 1 aliphatic heterocycles. The molecular formula is C14H12Cl2F2N2O3. The molecule has 3 amide bonds. The van der Waals surface area contributed by atoms with Gasteiger partial charge >= 0.3 is 12.6 Å². The molecule has 1 aromatic carbocycles. The number of hydrogen-bond acceptors (Lipinski definition) is 3. The Hall–Kier alpha value is -1.60. The number of carbonyl (C=O) groups excluding carboxylic acids is 2. The average Bonchev–Trinajstić information content (AvgIpc) is 3.25. The number of nitrogens with zero attached hydrogens (tertiary/aromatic N) is 2. The topological polar surface area (TPSA) is 49.9 Å². The van der Waals surface area contributed by atoms with E-state index in [-0.39, 0.29) is 46.4 Å². The van der Waals surface area contributed by atoms with E-state index < -0.39 is 12.6 Å². The standard InChI is InChI=1S/C14H12Cl2F2N2O3/c15-8-3-7(12(10(16)4-8)23-13(17)18)5-20-11(21)6-19(14(20)22)9-1-2-9/h3-4,9,13H,1-2,5-6H2. The first-order valence-electron chi connectivity index (χ1n) is 6.90. The molecule has 1 aliphatic carbocycles. The smallest absolute Gasteiger partial charge is 0.387 e. The summed E-state index contributed by atoms with van der Waals surface area (Å²) in [6, 6.07) is 2.27. The van der Waals surface area contributed by atoms with Crippen molar-refractivity contribution in [2.75, 3.05) is 6.54 Å². The summed E-state index contributed by atoms with van der Waals surface area (Å²) >= 11 is 11.8. The number of amides is 3. The van der Waals surface area contributed by atoms with E-state index in [1.165, 1.54) is 17.0 Å². The molecule has 1 heterocycles. The van der Waals surface area contributed by atoms with Gasteiger partial charge in [0.15, 0.2) is 0 Å². The Morgan fingerprint density at radius 2 is 1.96 bits per heavy atom. The van der Waals surface area contributed by atoms with Crippen LogP contribution in [0.3, 0.4) is 0 Å². The predicted molar refractivity (Wildman–Crippen MR) is 78.8 cm³/mol. The molecule has 3 rings (SSSR count). The van der Waals surface area contributed by atoms with Crippen LogP contribution in [0.25, 0.3) is 0 Å². The minimum atomic E-state index is -3.08. The lowest BCUT2D eigenvalue weighted by Crippen LogP contribution is -2.33. The van der Waals surface area contributed by atoms with Gasteiger partial charge in [-0.05, 0) is 25.0 Å². The molecule has 9 heteroatoms. The van der Waals surface area contributed by atoms with Gasteiger partial charge < -0.3 is 9.64 Å². The number of urea groups is 1. The van der Waals surface area contributed by atoms with Gasteiger partial charge in [-0.2, -0.15) is 8.78 Å². The second kappa shape index (κ2) is 6.13. The van der Waals surface area contributed by atoms with Crippen molar-refractivity contribution in [1.29, 1.82) is 0 Å². The molecule has 1 saturated heterocycles. The summed E-state index contributed by atoms with van der Waals surface area (Å²) in [5.41, 5.74) is 0.155. The summed E-state index contributed by atoms with van der Waals surface area (Å²) in [5.74, 6) is -0.669. The average molecular weight is 365 g/mol. The quantitative estimate of drug-likeness (QED) is 0.751. The molecule has 124 valence electrons. The van der Waals surface area contributed by atoms with Gasteiger partial charge in [-0.25, -0.2) is 4.79 Å². The van der Waals surface area contributed by atoms with E-state index in [9.17, 15) is 18.4 Å². The van der Waals surface area contributed by atoms with Gasteiger partial charge in [-0.1, -0.05) is 23.2 Å². The van der Waals surface area contributed by atoms with Crippen molar-refractivity contribution in [3.05, 3.63) is 27.7 Å². The Labute approximate surface area is 140 Å². The third-order valence-electron chi connectivity index (χ3n) is 3.69. The SMILES string of the molecule is O=C1CN(C2CC2)C(=O)N1Cc1cc(Cl)cc(Cl)c1OC(F)F. The van der Waals surface area contributed by atoms with Gasteiger partial charge in [0.1, 0.15) is 12.3 Å². The Kier molecular flexibility index (Phi) is 4.33. The van der Waals surface area contributed by atoms with Crippen LogP contribution in [-0.4, -0.2) is 40.9 Å². The Morgan fingerprint density at radius 3 is 2.57 bits per heavy atom. The Morgan fingerprint density at radius 1 is 1.26 bits per heavy atom. The zero-order valence-corrected chi connectivity index (χ0v) is 13.3. The van der Waals surface area contributed by atoms with Crippen molar-refractivity contribution in [3.8, 4) is 5.75 Å². The van der Waals surface area contributed by atoms with Crippen LogP contribution >= 0.6 is 23.2 Å². The van der Waals surface area contributed by atoms with Crippen molar-refractivity contribution in [2.24, 2.45) is 0 Å². The van der Waals surface area contributed by atoms with E-state index in [1.54, 1.807) is 0 Å². The van der Waals surface area contributed by atoms with Gasteiger partial charge in [-0.3, -0.25) is 9.69 Å². The zero-order chi connectivity index (χ0) is 16.7. The number of carbonyl (C=O) groups is 2. The lowest BCUT2D eigenvalue weighted by molar-refractivity contribution is -0.125. The monoisotopic (exact) mass is 364 g/mol. The molecule has 1 aromatic rings. The summed E-state index contributed by atoms with van der Waals surface area (Å²) in [5, 5.41) is 0.0932. The fraction of sp³-hybridized carbons (Fsp3) is 0.429. The summed E-state index contributed by atoms with van der Waals surface area (Å²) in [6.07, 6.45) is 1.74. The van der Waals surface area contributed by atoms with Gasteiger partial charge in [0, 0.05) is 16.6 Å². The number of rotatable bonds is 5. The van der Waals surface area contributed by atoms with Crippen LogP contribution < -0.4 is 4.74 Å². The first-order valence-corrected chi connectivity index (χ1v) is 7.66. The normalized spacial score (nSPS) is 18.3. The summed E-state index contributed by atoms with van der Waals surface area (Å²) in [4.78, 5) is 26.8. The van der Waals surface area contributed by atoms with Crippen molar-refractivity contribution in [3.63, 3.8) is 0 Å². The van der Waals surface area contributed by atoms with E-state index in [0.717, 1.165) is 17.7 Å². The number of hydrogen-bond donors (Lipinski definition) is 0. The van der Waals surface area contributed by atoms with Crippen LogP contribution in [0.5, 0.6) is 5.75 Å². The van der Waals surface area contributed by atoms with Crippen molar-refractivity contribution in [1.82, 2.24) is 9.80 Å². The lowest BCUT2D eigenvalue weighted by Gasteiger charge is -2.19. The fourth-order valence-electron chi connectivity index (χ4n) is 2.51. The minimum absolute atomic E-state index is 0.00281. The van der Waals surface area contributed by atoms with E-state index in [4.69, 9.17) is 23.2 Å². The maximum absolute atomic E-state index is 12.6. The predicted octanol–water partition coefficient (Wildman–Crippen LogP) is 3.52. The summed E-state index contributed by atoms with van der Waals surface area (Å²) < 4.78 is 29.5. The van der Waals surface area contributed by atoms with Gasteiger partial charge in [0.05, 0.1) is 11.6 Å². The molecule has 0 spiro atoms. The maximum Gasteiger partial charge on any atom is 0.387 e. The molecule has 1 saturated carbocycles. The molecule has 0 unspecified atom stereocenters. The minimum Gasteiger partial charge on any atom is -0.433 e. The third kappa shape index (κ3) is 3.35. The van der Waals surface area contributed by atoms with Crippen LogP contribution in [0.1, 0.15) is 18.4 Å². The third-order valence-corrected chi connectivity index (χ3v) is 4.19. The molecule has 2 fully saturated rings. The Bertz CT molecular complexity index is 668. The molecule has 23 heavy (non-hydrogen) atoms. The number of imide groups is 1. The largest absolute Gasteiger partial charge is 0.433 e. The molecule has 0 radical (unpaired) electrons. The molecule has 0 aromatic heterocycles. The van der Waals surface area contributed by atoms with Crippen LogP contribution in [0.4, 0.5) is 13.6 Å². The number of ether oxygens (including phenoxy) is 1. The first kappa shape index (κ1) is 16.3. The number of alkyl halides is 2. The van der Waals surface area contributed by atoms with Gasteiger partial charge in [0.2, 0.25) is 0 Å². The highest BCUT2D eigenvalue weighted by molar-refractivity contribution is 6.35. The fourth-order valence-corrected chi connectivity index (χ4v) is 3.09. The maximum atomic E-state index is 12.6. The van der Waals surface area contributed by atoms with E-state index in [1.807, 2.05) is 0 Å². The number of benzene rings is 1. The van der Waals surface area contributed by atoms with Crippen LogP contribution in [0.15, 0.2) is 12.1 Å². The first-order chi connectivity index (χ1) is 10.9. The van der Waals surface area contributed by atoms with E-state index in [0.29, 0.717) is 0 Å². The highest BCUT2D eigenvalue weighted by Crippen LogP contribution is 2.36. The highest BCUT2D eigenvalue weighted by atomic mass is 35.5. The van der Waals surface area contributed by atoms with E-state index >= 15 is 0 Å².